The first-order chi connectivity index (χ1) is 10.9. The third-order valence-electron chi connectivity index (χ3n) is 3.79. The Bertz CT molecular complexity index is 604. The molecule has 0 bridgehead atoms. The molecule has 2 rings (SSSR count). The summed E-state index contributed by atoms with van der Waals surface area (Å²) in [6.07, 6.45) is 3.02. The van der Waals surface area contributed by atoms with E-state index in [4.69, 9.17) is 0 Å². The predicted molar refractivity (Wildman–Crippen MR) is 83.1 cm³/mol. The Kier molecular flexibility index (Phi) is 6.32. The van der Waals surface area contributed by atoms with Gasteiger partial charge >= 0.3 is 6.61 Å². The molecule has 0 unspecified atom stereocenters. The summed E-state index contributed by atoms with van der Waals surface area (Å²) >= 11 is 0. The van der Waals surface area contributed by atoms with E-state index in [0.717, 1.165) is 19.6 Å². The molecule has 1 fully saturated rings. The molecule has 1 heterocycles. The zero-order valence-corrected chi connectivity index (χ0v) is 13.9. The third kappa shape index (κ3) is 5.40. The SMILES string of the molecule is C[C@H](CCN1CCCC1)NS(=O)(=O)c1ccccc1OC(F)F. The number of para-hydroxylation sites is 1. The van der Waals surface area contributed by atoms with E-state index in [1.54, 1.807) is 6.92 Å². The second-order valence-corrected chi connectivity index (χ2v) is 7.37. The van der Waals surface area contributed by atoms with Crippen molar-refractivity contribution in [2.45, 2.75) is 43.7 Å². The molecule has 0 aliphatic carbocycles. The summed E-state index contributed by atoms with van der Waals surface area (Å²) in [5.74, 6) is -0.346. The van der Waals surface area contributed by atoms with E-state index in [0.29, 0.717) is 6.42 Å². The molecule has 1 aliphatic heterocycles. The van der Waals surface area contributed by atoms with Crippen molar-refractivity contribution < 1.29 is 21.9 Å². The number of alkyl halides is 2. The number of likely N-dealkylation sites (tertiary alicyclic amines) is 1. The molecule has 5 nitrogen and oxygen atoms in total. The van der Waals surface area contributed by atoms with Gasteiger partial charge in [-0.05, 0) is 58.0 Å². The van der Waals surface area contributed by atoms with Crippen LogP contribution in [-0.2, 0) is 10.0 Å². The van der Waals surface area contributed by atoms with Gasteiger partial charge in [-0.25, -0.2) is 13.1 Å². The molecule has 23 heavy (non-hydrogen) atoms. The lowest BCUT2D eigenvalue weighted by Crippen LogP contribution is -2.35. The molecule has 0 radical (unpaired) electrons. The number of hydrogen-bond acceptors (Lipinski definition) is 4. The van der Waals surface area contributed by atoms with Crippen molar-refractivity contribution in [3.8, 4) is 5.75 Å². The quantitative estimate of drug-likeness (QED) is 0.784. The Hall–Kier alpha value is -1.25. The summed E-state index contributed by atoms with van der Waals surface area (Å²) in [6, 6.07) is 5.11. The zero-order chi connectivity index (χ0) is 16.9. The van der Waals surface area contributed by atoms with Crippen LogP contribution in [0.5, 0.6) is 5.75 Å². The number of sulfonamides is 1. The molecule has 0 aromatic heterocycles. The highest BCUT2D eigenvalue weighted by atomic mass is 32.2. The Morgan fingerprint density at radius 2 is 1.91 bits per heavy atom. The Morgan fingerprint density at radius 1 is 1.26 bits per heavy atom. The van der Waals surface area contributed by atoms with E-state index in [-0.39, 0.29) is 16.7 Å². The summed E-state index contributed by atoms with van der Waals surface area (Å²) in [5.41, 5.74) is 0. The van der Waals surface area contributed by atoms with Crippen molar-refractivity contribution in [3.63, 3.8) is 0 Å². The van der Waals surface area contributed by atoms with Crippen molar-refractivity contribution in [1.82, 2.24) is 9.62 Å². The van der Waals surface area contributed by atoms with Crippen molar-refractivity contribution in [2.24, 2.45) is 0 Å². The lowest BCUT2D eigenvalue weighted by Gasteiger charge is -2.19. The minimum absolute atomic E-state index is 0.270. The van der Waals surface area contributed by atoms with Crippen LogP contribution in [0.25, 0.3) is 0 Å². The van der Waals surface area contributed by atoms with Gasteiger partial charge in [-0.15, -0.1) is 0 Å². The number of nitrogens with zero attached hydrogens (tertiary/aromatic N) is 1. The van der Waals surface area contributed by atoms with Crippen molar-refractivity contribution in [2.75, 3.05) is 19.6 Å². The molecule has 130 valence electrons. The largest absolute Gasteiger partial charge is 0.433 e. The van der Waals surface area contributed by atoms with Crippen LogP contribution in [0.2, 0.25) is 0 Å². The van der Waals surface area contributed by atoms with Gasteiger partial charge in [0.2, 0.25) is 10.0 Å². The lowest BCUT2D eigenvalue weighted by atomic mass is 10.2. The fourth-order valence-corrected chi connectivity index (χ4v) is 4.05. The van der Waals surface area contributed by atoms with Gasteiger partial charge in [0.25, 0.3) is 0 Å². The maximum Gasteiger partial charge on any atom is 0.387 e. The van der Waals surface area contributed by atoms with Crippen LogP contribution >= 0.6 is 0 Å². The minimum Gasteiger partial charge on any atom is -0.433 e. The fourth-order valence-electron chi connectivity index (χ4n) is 2.64. The first kappa shape index (κ1) is 18.1. The monoisotopic (exact) mass is 348 g/mol. The van der Waals surface area contributed by atoms with E-state index in [2.05, 4.69) is 14.4 Å². The van der Waals surface area contributed by atoms with E-state index in [1.165, 1.54) is 37.1 Å². The lowest BCUT2D eigenvalue weighted by molar-refractivity contribution is -0.0517. The second-order valence-electron chi connectivity index (χ2n) is 5.68. The van der Waals surface area contributed by atoms with Crippen LogP contribution in [0.3, 0.4) is 0 Å². The van der Waals surface area contributed by atoms with Crippen LogP contribution in [-0.4, -0.2) is 45.6 Å². The molecule has 1 N–H and O–H groups in total. The van der Waals surface area contributed by atoms with Crippen molar-refractivity contribution >= 4 is 10.0 Å². The molecule has 1 aromatic rings. The molecule has 0 amide bonds. The van der Waals surface area contributed by atoms with Crippen LogP contribution in [0.4, 0.5) is 8.78 Å². The summed E-state index contributed by atoms with van der Waals surface area (Å²) < 4.78 is 56.4. The molecular weight excluding hydrogens is 326 g/mol. The maximum atomic E-state index is 12.4. The van der Waals surface area contributed by atoms with E-state index < -0.39 is 16.6 Å². The molecule has 8 heteroatoms. The van der Waals surface area contributed by atoms with Crippen molar-refractivity contribution in [3.05, 3.63) is 24.3 Å². The topological polar surface area (TPSA) is 58.6 Å². The van der Waals surface area contributed by atoms with Gasteiger partial charge in [0.1, 0.15) is 10.6 Å². The molecule has 0 spiro atoms. The maximum absolute atomic E-state index is 12.4. The smallest absolute Gasteiger partial charge is 0.387 e. The third-order valence-corrected chi connectivity index (χ3v) is 5.42. The summed E-state index contributed by atoms with van der Waals surface area (Å²) in [7, 11) is -3.91. The number of hydrogen-bond donors (Lipinski definition) is 1. The van der Waals surface area contributed by atoms with Crippen LogP contribution in [0.1, 0.15) is 26.2 Å². The number of benzene rings is 1. The summed E-state index contributed by atoms with van der Waals surface area (Å²) in [4.78, 5) is 2.02. The van der Waals surface area contributed by atoms with Crippen molar-refractivity contribution in [1.29, 1.82) is 0 Å². The molecule has 1 aromatic carbocycles. The van der Waals surface area contributed by atoms with Crippen LogP contribution in [0.15, 0.2) is 29.2 Å². The van der Waals surface area contributed by atoms with Crippen LogP contribution < -0.4 is 9.46 Å². The Balaban J connectivity index is 2.00. The Morgan fingerprint density at radius 3 is 2.57 bits per heavy atom. The first-order valence-corrected chi connectivity index (χ1v) is 9.15. The first-order valence-electron chi connectivity index (χ1n) is 7.67. The number of ether oxygens (including phenoxy) is 1. The van der Waals surface area contributed by atoms with Gasteiger partial charge in [-0.1, -0.05) is 12.1 Å². The highest BCUT2D eigenvalue weighted by Gasteiger charge is 2.23. The van der Waals surface area contributed by atoms with Gasteiger partial charge in [0.05, 0.1) is 0 Å². The Labute approximate surface area is 135 Å². The number of halogens is 2. The highest BCUT2D eigenvalue weighted by molar-refractivity contribution is 7.89. The van der Waals surface area contributed by atoms with Gasteiger partial charge in [-0.2, -0.15) is 8.78 Å². The van der Waals surface area contributed by atoms with E-state index in [9.17, 15) is 17.2 Å². The van der Waals surface area contributed by atoms with Crippen LogP contribution in [0, 0.1) is 0 Å². The average molecular weight is 348 g/mol. The van der Waals surface area contributed by atoms with Gasteiger partial charge in [-0.3, -0.25) is 0 Å². The molecule has 1 saturated heterocycles. The molecular formula is C15H22F2N2O3S. The van der Waals surface area contributed by atoms with Gasteiger partial charge in [0.15, 0.2) is 0 Å². The van der Waals surface area contributed by atoms with Gasteiger partial charge in [0, 0.05) is 6.04 Å². The minimum atomic E-state index is -3.91. The average Bonchev–Trinajstić information content (AvgIpc) is 2.97. The normalized spacial score (nSPS) is 17.6. The van der Waals surface area contributed by atoms with Gasteiger partial charge < -0.3 is 9.64 Å². The molecule has 1 aliphatic rings. The number of rotatable bonds is 8. The standard InChI is InChI=1S/C15H22F2N2O3S/c1-12(8-11-19-9-4-5-10-19)18-23(20,21)14-7-3-2-6-13(14)22-15(16)17/h2-3,6-7,12,15,18H,4-5,8-11H2,1H3/t12-/m1/s1. The molecule has 0 saturated carbocycles. The summed E-state index contributed by atoms with van der Waals surface area (Å²) in [6.45, 7) is 1.61. The fraction of sp³-hybridized carbons (Fsp3) is 0.600. The number of nitrogens with one attached hydrogen (secondary N) is 1. The summed E-state index contributed by atoms with van der Waals surface area (Å²) in [5, 5.41) is 0. The zero-order valence-electron chi connectivity index (χ0n) is 13.0. The highest BCUT2D eigenvalue weighted by Crippen LogP contribution is 2.25. The van der Waals surface area contributed by atoms with E-state index >= 15 is 0 Å². The predicted octanol–water partition coefficient (Wildman–Crippen LogP) is 2.44. The molecule has 1 atom stereocenters. The van der Waals surface area contributed by atoms with E-state index in [1.807, 2.05) is 0 Å². The second kappa shape index (κ2) is 8.03.